The van der Waals surface area contributed by atoms with Gasteiger partial charge < -0.3 is 9.47 Å². The summed E-state index contributed by atoms with van der Waals surface area (Å²) < 4.78 is 46.4. The van der Waals surface area contributed by atoms with Crippen LogP contribution in [0.3, 0.4) is 0 Å². The fourth-order valence-electron chi connectivity index (χ4n) is 1.98. The van der Waals surface area contributed by atoms with E-state index in [1.54, 1.807) is 18.2 Å². The van der Waals surface area contributed by atoms with Crippen molar-refractivity contribution in [3.05, 3.63) is 48.0 Å². The first-order chi connectivity index (χ1) is 9.96. The van der Waals surface area contributed by atoms with Crippen LogP contribution in [0.1, 0.15) is 10.4 Å². The largest absolute Gasteiger partial charge is 0.573 e. The van der Waals surface area contributed by atoms with Crippen molar-refractivity contribution in [3.8, 4) is 22.6 Å². The second-order valence-electron chi connectivity index (χ2n) is 4.08. The Kier molecular flexibility index (Phi) is 4.16. The lowest BCUT2D eigenvalue weighted by Crippen LogP contribution is -2.17. The Morgan fingerprint density at radius 3 is 2.19 bits per heavy atom. The van der Waals surface area contributed by atoms with Crippen molar-refractivity contribution in [1.29, 1.82) is 0 Å². The van der Waals surface area contributed by atoms with E-state index in [0.29, 0.717) is 11.8 Å². The van der Waals surface area contributed by atoms with Gasteiger partial charge in [-0.3, -0.25) is 4.79 Å². The highest BCUT2D eigenvalue weighted by atomic mass is 19.4. The molecule has 0 amide bonds. The topological polar surface area (TPSA) is 35.5 Å². The molecule has 6 heteroatoms. The second-order valence-corrected chi connectivity index (χ2v) is 4.08. The normalized spacial score (nSPS) is 11.0. The van der Waals surface area contributed by atoms with E-state index in [2.05, 4.69) is 4.74 Å². The first-order valence-electron chi connectivity index (χ1n) is 5.93. The van der Waals surface area contributed by atoms with Crippen molar-refractivity contribution in [2.75, 3.05) is 7.11 Å². The molecular formula is C15H11F3O3. The Morgan fingerprint density at radius 2 is 1.57 bits per heavy atom. The zero-order chi connectivity index (χ0) is 15.5. The summed E-state index contributed by atoms with van der Waals surface area (Å²) in [5.74, 6) is -0.0920. The highest BCUT2D eigenvalue weighted by Gasteiger charge is 2.32. The molecular weight excluding hydrogens is 285 g/mol. The number of alkyl halides is 3. The molecule has 0 aliphatic heterocycles. The third-order valence-corrected chi connectivity index (χ3v) is 2.81. The fourth-order valence-corrected chi connectivity index (χ4v) is 1.98. The maximum absolute atomic E-state index is 12.4. The zero-order valence-corrected chi connectivity index (χ0v) is 11.0. The van der Waals surface area contributed by atoms with Crippen molar-refractivity contribution in [1.82, 2.24) is 0 Å². The molecule has 0 bridgehead atoms. The third-order valence-electron chi connectivity index (χ3n) is 2.81. The average Bonchev–Trinajstić information content (AvgIpc) is 2.45. The number of methoxy groups -OCH3 is 1. The van der Waals surface area contributed by atoms with Crippen molar-refractivity contribution >= 4 is 6.29 Å². The molecule has 3 nitrogen and oxygen atoms in total. The van der Waals surface area contributed by atoms with Gasteiger partial charge in [0, 0.05) is 5.56 Å². The van der Waals surface area contributed by atoms with E-state index in [0.717, 1.165) is 0 Å². The van der Waals surface area contributed by atoms with Gasteiger partial charge in [-0.25, -0.2) is 0 Å². The number of aldehydes is 1. The minimum absolute atomic E-state index is 0.163. The second kappa shape index (κ2) is 5.87. The smallest absolute Gasteiger partial charge is 0.496 e. The van der Waals surface area contributed by atoms with E-state index in [1.807, 2.05) is 0 Å². The van der Waals surface area contributed by atoms with Crippen LogP contribution in [0.2, 0.25) is 0 Å². The summed E-state index contributed by atoms with van der Waals surface area (Å²) in [4.78, 5) is 11.2. The van der Waals surface area contributed by atoms with Crippen LogP contribution in [0.4, 0.5) is 13.2 Å². The van der Waals surface area contributed by atoms with Crippen LogP contribution in [0.25, 0.3) is 11.1 Å². The lowest BCUT2D eigenvalue weighted by molar-refractivity contribution is -0.274. The minimum atomic E-state index is -4.81. The lowest BCUT2D eigenvalue weighted by Gasteiger charge is -2.15. The number of para-hydroxylation sites is 1. The van der Waals surface area contributed by atoms with Crippen LogP contribution >= 0.6 is 0 Å². The molecule has 0 spiro atoms. The summed E-state index contributed by atoms with van der Waals surface area (Å²) in [6.45, 7) is 0. The minimum Gasteiger partial charge on any atom is -0.496 e. The van der Waals surface area contributed by atoms with Gasteiger partial charge >= 0.3 is 6.36 Å². The van der Waals surface area contributed by atoms with E-state index < -0.39 is 6.36 Å². The Morgan fingerprint density at radius 1 is 0.952 bits per heavy atom. The molecule has 0 fully saturated rings. The van der Waals surface area contributed by atoms with Crippen LogP contribution in [0.5, 0.6) is 11.5 Å². The molecule has 2 aromatic carbocycles. The maximum Gasteiger partial charge on any atom is 0.573 e. The zero-order valence-electron chi connectivity index (χ0n) is 11.0. The van der Waals surface area contributed by atoms with E-state index in [4.69, 9.17) is 4.74 Å². The van der Waals surface area contributed by atoms with Gasteiger partial charge in [0.2, 0.25) is 0 Å². The van der Waals surface area contributed by atoms with Gasteiger partial charge in [-0.05, 0) is 17.7 Å². The molecule has 110 valence electrons. The van der Waals surface area contributed by atoms with Crippen molar-refractivity contribution < 1.29 is 27.4 Å². The van der Waals surface area contributed by atoms with E-state index in [1.165, 1.54) is 31.4 Å². The van der Waals surface area contributed by atoms with Crippen LogP contribution in [0.15, 0.2) is 42.5 Å². The Labute approximate surface area is 118 Å². The highest BCUT2D eigenvalue weighted by Crippen LogP contribution is 2.37. The summed E-state index contributed by atoms with van der Waals surface area (Å²) in [5.41, 5.74) is 0.637. The molecule has 2 aromatic rings. The molecule has 0 saturated heterocycles. The Balaban J connectivity index is 2.60. The number of rotatable bonds is 4. The monoisotopic (exact) mass is 296 g/mol. The number of ether oxygens (including phenoxy) is 2. The van der Waals surface area contributed by atoms with Crippen molar-refractivity contribution in [2.45, 2.75) is 6.36 Å². The number of halogens is 3. The molecule has 0 aliphatic carbocycles. The maximum atomic E-state index is 12.4. The first kappa shape index (κ1) is 14.9. The fraction of sp³-hybridized carbons (Fsp3) is 0.133. The standard InChI is InChI=1S/C15H11F3O3/c1-20-13-8-4-6-10(12(13)9-19)11-5-2-3-7-14(11)21-15(16,17)18/h2-9H,1H3. The molecule has 2 rings (SSSR count). The molecule has 0 radical (unpaired) electrons. The van der Waals surface area contributed by atoms with Gasteiger partial charge in [0.15, 0.2) is 6.29 Å². The quantitative estimate of drug-likeness (QED) is 0.798. The number of carbonyl (C=O) groups excluding carboxylic acids is 1. The predicted molar refractivity (Wildman–Crippen MR) is 70.5 cm³/mol. The van der Waals surface area contributed by atoms with Gasteiger partial charge in [0.1, 0.15) is 11.5 Å². The van der Waals surface area contributed by atoms with Gasteiger partial charge in [-0.2, -0.15) is 0 Å². The van der Waals surface area contributed by atoms with Crippen LogP contribution in [0, 0.1) is 0 Å². The molecule has 0 atom stereocenters. The Hall–Kier alpha value is -2.50. The number of carbonyl (C=O) groups is 1. The molecule has 0 aromatic heterocycles. The van der Waals surface area contributed by atoms with E-state index in [-0.39, 0.29) is 22.6 Å². The van der Waals surface area contributed by atoms with E-state index in [9.17, 15) is 18.0 Å². The number of benzene rings is 2. The molecule has 0 aliphatic rings. The van der Waals surface area contributed by atoms with Gasteiger partial charge in [0.25, 0.3) is 0 Å². The molecule has 0 saturated carbocycles. The lowest BCUT2D eigenvalue weighted by atomic mass is 9.99. The van der Waals surface area contributed by atoms with E-state index >= 15 is 0 Å². The summed E-state index contributed by atoms with van der Waals surface area (Å²) >= 11 is 0. The van der Waals surface area contributed by atoms with Crippen LogP contribution in [-0.4, -0.2) is 19.8 Å². The molecule has 0 N–H and O–H groups in total. The molecule has 0 heterocycles. The summed E-state index contributed by atoms with van der Waals surface area (Å²) in [6, 6.07) is 10.3. The van der Waals surface area contributed by atoms with Crippen LogP contribution < -0.4 is 9.47 Å². The summed E-state index contributed by atoms with van der Waals surface area (Å²) in [7, 11) is 1.38. The number of hydrogen-bond acceptors (Lipinski definition) is 3. The van der Waals surface area contributed by atoms with Crippen LogP contribution in [-0.2, 0) is 0 Å². The highest BCUT2D eigenvalue weighted by molar-refractivity contribution is 5.92. The van der Waals surface area contributed by atoms with Gasteiger partial charge in [0.05, 0.1) is 12.7 Å². The number of hydrogen-bond donors (Lipinski definition) is 0. The summed E-state index contributed by atoms with van der Waals surface area (Å²) in [5, 5.41) is 0. The third kappa shape index (κ3) is 3.34. The summed E-state index contributed by atoms with van der Waals surface area (Å²) in [6.07, 6.45) is -4.27. The SMILES string of the molecule is COc1cccc(-c2ccccc2OC(F)(F)F)c1C=O. The van der Waals surface area contributed by atoms with Gasteiger partial charge in [-0.1, -0.05) is 30.3 Å². The Bertz CT molecular complexity index is 651. The predicted octanol–water partition coefficient (Wildman–Crippen LogP) is 4.07. The molecule has 21 heavy (non-hydrogen) atoms. The molecule has 0 unspecified atom stereocenters. The average molecular weight is 296 g/mol. The van der Waals surface area contributed by atoms with Gasteiger partial charge in [-0.15, -0.1) is 13.2 Å². The van der Waals surface area contributed by atoms with Crippen molar-refractivity contribution in [2.24, 2.45) is 0 Å². The van der Waals surface area contributed by atoms with Crippen molar-refractivity contribution in [3.63, 3.8) is 0 Å². The first-order valence-corrected chi connectivity index (χ1v) is 5.93.